The van der Waals surface area contributed by atoms with Gasteiger partial charge < -0.3 is 28.7 Å². The molecule has 0 bridgehead atoms. The molecule has 48 heavy (non-hydrogen) atoms. The van der Waals surface area contributed by atoms with E-state index in [0.29, 0.717) is 37.5 Å². The van der Waals surface area contributed by atoms with Gasteiger partial charge in [0.25, 0.3) is 5.56 Å². The number of hydrogen-bond donors (Lipinski definition) is 0. The lowest BCUT2D eigenvalue weighted by Gasteiger charge is -2.35. The van der Waals surface area contributed by atoms with Crippen LogP contribution in [-0.4, -0.2) is 92.4 Å². The van der Waals surface area contributed by atoms with Crippen molar-refractivity contribution in [1.82, 2.24) is 19.7 Å². The molecule has 1 aromatic carbocycles. The maximum absolute atomic E-state index is 14.2. The second-order valence-electron chi connectivity index (χ2n) is 12.7. The second-order valence-corrected chi connectivity index (χ2v) is 18.3. The van der Waals surface area contributed by atoms with Gasteiger partial charge in [0.1, 0.15) is 18.7 Å². The first-order valence-electron chi connectivity index (χ1n) is 16.0. The SMILES string of the molecule is C[Si](C)(C)CCOCn1ncc(OC(COCCC(=O)N2CCN(c3ccccn3)CC2)COCc2ccccc2)c(C(F)(F)F)c1=O. The number of rotatable bonds is 17. The number of halogens is 3. The molecule has 1 amide bonds. The number of hydrogen-bond acceptors (Lipinski definition) is 9. The summed E-state index contributed by atoms with van der Waals surface area (Å²) in [5.41, 5.74) is -1.99. The van der Waals surface area contributed by atoms with E-state index in [0.717, 1.165) is 23.6 Å². The standard InChI is InChI=1S/C33H44F3N5O6Si/c1-48(2,3)20-19-45-25-41-32(43)31(33(34,35)36)28(21-38-41)47-27(24-46-22-26-9-5-4-6-10-26)23-44-18-12-30(42)40-16-14-39(15-17-40)29-11-7-8-13-37-29/h4-11,13,21,27H,12,14-20,22-25H2,1-3H3. The first-order valence-corrected chi connectivity index (χ1v) is 19.7. The molecule has 262 valence electrons. The summed E-state index contributed by atoms with van der Waals surface area (Å²) in [6.45, 7) is 8.59. The summed E-state index contributed by atoms with van der Waals surface area (Å²) in [6.07, 6.45) is -3.36. The summed E-state index contributed by atoms with van der Waals surface area (Å²) in [5.74, 6) is 0.0396. The summed E-state index contributed by atoms with van der Waals surface area (Å²) in [4.78, 5) is 34.0. The number of pyridine rings is 1. The van der Waals surface area contributed by atoms with Crippen LogP contribution in [0, 0.1) is 0 Å². The predicted octanol–water partition coefficient (Wildman–Crippen LogP) is 4.69. The van der Waals surface area contributed by atoms with E-state index >= 15 is 0 Å². The molecule has 2 aromatic heterocycles. The van der Waals surface area contributed by atoms with E-state index in [1.54, 1.807) is 11.1 Å². The fourth-order valence-electron chi connectivity index (χ4n) is 4.88. The molecule has 0 saturated carbocycles. The maximum Gasteiger partial charge on any atom is 0.425 e. The van der Waals surface area contributed by atoms with Crippen LogP contribution < -0.4 is 15.2 Å². The molecule has 0 spiro atoms. The number of anilines is 1. The van der Waals surface area contributed by atoms with Crippen molar-refractivity contribution in [3.8, 4) is 5.75 Å². The molecule has 0 radical (unpaired) electrons. The zero-order chi connectivity index (χ0) is 34.6. The third-order valence-electron chi connectivity index (χ3n) is 7.58. The van der Waals surface area contributed by atoms with Crippen LogP contribution >= 0.6 is 0 Å². The van der Waals surface area contributed by atoms with Gasteiger partial charge in [0.05, 0.1) is 39.0 Å². The maximum atomic E-state index is 14.2. The van der Waals surface area contributed by atoms with Gasteiger partial charge in [-0.25, -0.2) is 9.67 Å². The van der Waals surface area contributed by atoms with Crippen LogP contribution in [0.3, 0.4) is 0 Å². The zero-order valence-electron chi connectivity index (χ0n) is 27.7. The molecule has 0 aliphatic carbocycles. The van der Waals surface area contributed by atoms with E-state index < -0.39 is 44.0 Å². The van der Waals surface area contributed by atoms with Gasteiger partial charge in [0.2, 0.25) is 5.91 Å². The fraction of sp³-hybridized carbons (Fsp3) is 0.515. The number of amides is 1. The lowest BCUT2D eigenvalue weighted by Crippen LogP contribution is -2.49. The van der Waals surface area contributed by atoms with Gasteiger partial charge >= 0.3 is 6.18 Å². The highest BCUT2D eigenvalue weighted by molar-refractivity contribution is 6.76. The number of carbonyl (C=O) groups is 1. The first-order chi connectivity index (χ1) is 22.9. The fourth-order valence-corrected chi connectivity index (χ4v) is 5.64. The number of benzene rings is 1. The molecular formula is C33H44F3N5O6Si. The van der Waals surface area contributed by atoms with E-state index in [9.17, 15) is 22.8 Å². The van der Waals surface area contributed by atoms with Crippen LogP contribution in [-0.2, 0) is 38.5 Å². The third kappa shape index (κ3) is 11.7. The number of aromatic nitrogens is 3. The minimum atomic E-state index is -5.02. The lowest BCUT2D eigenvalue weighted by molar-refractivity contribution is -0.142. The molecule has 1 unspecified atom stereocenters. The van der Waals surface area contributed by atoms with Crippen LogP contribution in [0.2, 0.25) is 25.7 Å². The van der Waals surface area contributed by atoms with Crippen LogP contribution in [0.5, 0.6) is 5.75 Å². The van der Waals surface area contributed by atoms with E-state index in [-0.39, 0.29) is 38.8 Å². The number of ether oxygens (including phenoxy) is 4. The molecule has 1 aliphatic rings. The number of piperazine rings is 1. The van der Waals surface area contributed by atoms with Crippen molar-refractivity contribution >= 4 is 19.8 Å². The number of alkyl halides is 3. The monoisotopic (exact) mass is 691 g/mol. The smallest absolute Gasteiger partial charge is 0.425 e. The summed E-state index contributed by atoms with van der Waals surface area (Å²) in [5, 5.41) is 3.89. The van der Waals surface area contributed by atoms with Gasteiger partial charge in [0, 0.05) is 47.1 Å². The average Bonchev–Trinajstić information content (AvgIpc) is 3.05. The molecule has 0 N–H and O–H groups in total. The van der Waals surface area contributed by atoms with E-state index in [2.05, 4.69) is 34.6 Å². The highest BCUT2D eigenvalue weighted by Gasteiger charge is 2.40. The van der Waals surface area contributed by atoms with Gasteiger partial charge in [-0.05, 0) is 23.7 Å². The van der Waals surface area contributed by atoms with Crippen molar-refractivity contribution in [1.29, 1.82) is 0 Å². The normalized spacial score (nSPS) is 14.6. The van der Waals surface area contributed by atoms with Gasteiger partial charge in [-0.2, -0.15) is 18.3 Å². The minimum absolute atomic E-state index is 0.0264. The third-order valence-corrected chi connectivity index (χ3v) is 9.29. The van der Waals surface area contributed by atoms with Gasteiger partial charge in [0.15, 0.2) is 11.3 Å². The average molecular weight is 692 g/mol. The first kappa shape index (κ1) is 37.0. The highest BCUT2D eigenvalue weighted by Crippen LogP contribution is 2.33. The molecule has 1 atom stereocenters. The molecule has 1 saturated heterocycles. The van der Waals surface area contributed by atoms with Crippen LogP contribution in [0.1, 0.15) is 17.5 Å². The summed E-state index contributed by atoms with van der Waals surface area (Å²) in [6, 6.07) is 15.7. The highest BCUT2D eigenvalue weighted by atomic mass is 28.3. The summed E-state index contributed by atoms with van der Waals surface area (Å²) >= 11 is 0. The Morgan fingerprint density at radius 3 is 2.31 bits per heavy atom. The minimum Gasteiger partial charge on any atom is -0.483 e. The Bertz CT molecular complexity index is 1480. The van der Waals surface area contributed by atoms with Gasteiger partial charge in [-0.3, -0.25) is 9.59 Å². The molecule has 15 heteroatoms. The van der Waals surface area contributed by atoms with E-state index in [1.807, 2.05) is 48.5 Å². The summed E-state index contributed by atoms with van der Waals surface area (Å²) in [7, 11) is -1.44. The molecular weight excluding hydrogens is 647 g/mol. The largest absolute Gasteiger partial charge is 0.483 e. The Morgan fingerprint density at radius 1 is 0.938 bits per heavy atom. The lowest BCUT2D eigenvalue weighted by atomic mass is 10.2. The van der Waals surface area contributed by atoms with Crippen molar-refractivity contribution in [2.75, 3.05) is 57.5 Å². The van der Waals surface area contributed by atoms with Crippen molar-refractivity contribution < 1.29 is 36.9 Å². The predicted molar refractivity (Wildman–Crippen MR) is 177 cm³/mol. The Morgan fingerprint density at radius 2 is 1.65 bits per heavy atom. The number of carbonyl (C=O) groups excluding carboxylic acids is 1. The zero-order valence-corrected chi connectivity index (χ0v) is 28.7. The molecule has 3 aromatic rings. The number of nitrogens with zero attached hydrogens (tertiary/aromatic N) is 5. The molecule has 4 rings (SSSR count). The molecule has 1 aliphatic heterocycles. The van der Waals surface area contributed by atoms with Crippen LogP contribution in [0.4, 0.5) is 19.0 Å². The quantitative estimate of drug-likeness (QED) is 0.147. The van der Waals surface area contributed by atoms with Crippen molar-refractivity contribution in [3.05, 3.63) is 82.4 Å². The Hall–Kier alpha value is -3.79. The Kier molecular flexibility index (Phi) is 13.5. The molecule has 11 nitrogen and oxygen atoms in total. The van der Waals surface area contributed by atoms with Crippen LogP contribution in [0.25, 0.3) is 0 Å². The van der Waals surface area contributed by atoms with Crippen molar-refractivity contribution in [2.24, 2.45) is 0 Å². The Labute approximate surface area is 279 Å². The molecule has 1 fully saturated rings. The van der Waals surface area contributed by atoms with E-state index in [1.165, 1.54) is 0 Å². The summed E-state index contributed by atoms with van der Waals surface area (Å²) < 4.78 is 65.8. The second kappa shape index (κ2) is 17.6. The van der Waals surface area contributed by atoms with Crippen LogP contribution in [0.15, 0.2) is 65.7 Å². The van der Waals surface area contributed by atoms with Gasteiger partial charge in [-0.15, -0.1) is 0 Å². The van der Waals surface area contributed by atoms with Crippen molar-refractivity contribution in [2.45, 2.75) is 57.7 Å². The Balaban J connectivity index is 1.36. The topological polar surface area (TPSA) is 108 Å². The van der Waals surface area contributed by atoms with Gasteiger partial charge in [-0.1, -0.05) is 56.0 Å². The van der Waals surface area contributed by atoms with E-state index in [4.69, 9.17) is 18.9 Å². The molecule has 3 heterocycles. The van der Waals surface area contributed by atoms with Crippen molar-refractivity contribution in [3.63, 3.8) is 0 Å².